The molecule has 0 aliphatic rings. The van der Waals surface area contributed by atoms with Crippen LogP contribution in [0.5, 0.6) is 5.75 Å². The van der Waals surface area contributed by atoms with Crippen LogP contribution in [-0.4, -0.2) is 14.6 Å². The number of aryl methyl sites for hydroxylation is 2. The van der Waals surface area contributed by atoms with Gasteiger partial charge in [0.15, 0.2) is 0 Å². The summed E-state index contributed by atoms with van der Waals surface area (Å²) in [6.45, 7) is 4.44. The Morgan fingerprint density at radius 3 is 2.04 bits per heavy atom. The van der Waals surface area contributed by atoms with E-state index in [-0.39, 0.29) is 4.90 Å². The highest BCUT2D eigenvalue weighted by molar-refractivity contribution is 7.89. The number of rotatable bonds is 7. The van der Waals surface area contributed by atoms with Crippen molar-refractivity contribution in [1.82, 2.24) is 4.83 Å². The lowest BCUT2D eigenvalue weighted by molar-refractivity contribution is 0.306. The van der Waals surface area contributed by atoms with Gasteiger partial charge in [0.2, 0.25) is 0 Å². The van der Waals surface area contributed by atoms with Gasteiger partial charge in [-0.2, -0.15) is 13.5 Å². The van der Waals surface area contributed by atoms with Crippen LogP contribution in [0.3, 0.4) is 0 Å². The van der Waals surface area contributed by atoms with Gasteiger partial charge in [0.25, 0.3) is 10.0 Å². The second-order valence-corrected chi connectivity index (χ2v) is 8.17. The number of hydrazone groups is 1. The van der Waals surface area contributed by atoms with Gasteiger partial charge in [-0.25, -0.2) is 4.83 Å². The molecule has 28 heavy (non-hydrogen) atoms. The predicted molar refractivity (Wildman–Crippen MR) is 111 cm³/mol. The first kappa shape index (κ1) is 19.6. The van der Waals surface area contributed by atoms with Gasteiger partial charge in [-0.05, 0) is 61.4 Å². The highest BCUT2D eigenvalue weighted by atomic mass is 32.2. The Balaban J connectivity index is 1.56. The third kappa shape index (κ3) is 5.44. The summed E-state index contributed by atoms with van der Waals surface area (Å²) in [6, 6.07) is 22.0. The first-order valence-corrected chi connectivity index (χ1v) is 10.3. The molecule has 0 amide bonds. The summed E-state index contributed by atoms with van der Waals surface area (Å²) in [7, 11) is -3.67. The number of benzene rings is 3. The fourth-order valence-corrected chi connectivity index (χ4v) is 3.23. The Kier molecular flexibility index (Phi) is 6.11. The molecule has 0 aliphatic carbocycles. The molecule has 3 rings (SSSR count). The zero-order valence-electron chi connectivity index (χ0n) is 15.8. The van der Waals surface area contributed by atoms with Crippen molar-refractivity contribution in [3.05, 3.63) is 95.1 Å². The number of nitrogens with one attached hydrogen (secondary N) is 1. The maximum Gasteiger partial charge on any atom is 0.276 e. The lowest BCUT2D eigenvalue weighted by atomic mass is 10.2. The van der Waals surface area contributed by atoms with Crippen LogP contribution in [0, 0.1) is 13.8 Å². The molecule has 1 N–H and O–H groups in total. The quantitative estimate of drug-likeness (QED) is 0.482. The summed E-state index contributed by atoms with van der Waals surface area (Å²) >= 11 is 0. The van der Waals surface area contributed by atoms with Gasteiger partial charge in [0.05, 0.1) is 11.1 Å². The summed E-state index contributed by atoms with van der Waals surface area (Å²) in [5.74, 6) is 0.734. The Hall–Kier alpha value is -3.12. The second-order valence-electron chi connectivity index (χ2n) is 6.51. The normalized spacial score (nSPS) is 11.5. The van der Waals surface area contributed by atoms with Crippen molar-refractivity contribution < 1.29 is 13.2 Å². The van der Waals surface area contributed by atoms with Crippen molar-refractivity contribution in [3.63, 3.8) is 0 Å². The minimum Gasteiger partial charge on any atom is -0.489 e. The molecule has 0 spiro atoms. The Bertz CT molecular complexity index is 1040. The Morgan fingerprint density at radius 1 is 0.857 bits per heavy atom. The molecule has 144 valence electrons. The van der Waals surface area contributed by atoms with E-state index < -0.39 is 10.0 Å². The number of hydrogen-bond acceptors (Lipinski definition) is 4. The molecular formula is C22H22N2O3S. The minimum atomic E-state index is -3.67. The second kappa shape index (κ2) is 8.71. The Labute approximate surface area is 165 Å². The molecular weight excluding hydrogens is 372 g/mol. The highest BCUT2D eigenvalue weighted by Crippen LogP contribution is 2.14. The number of ether oxygens (including phenoxy) is 1. The molecule has 0 atom stereocenters. The zero-order valence-corrected chi connectivity index (χ0v) is 16.6. The van der Waals surface area contributed by atoms with E-state index in [1.807, 2.05) is 50.2 Å². The molecule has 0 heterocycles. The van der Waals surface area contributed by atoms with E-state index in [1.165, 1.54) is 11.8 Å². The topological polar surface area (TPSA) is 67.8 Å². The molecule has 0 unspecified atom stereocenters. The summed E-state index contributed by atoms with van der Waals surface area (Å²) in [5, 5.41) is 3.84. The molecule has 3 aromatic rings. The van der Waals surface area contributed by atoms with E-state index in [0.29, 0.717) is 6.61 Å². The van der Waals surface area contributed by atoms with E-state index >= 15 is 0 Å². The predicted octanol–water partition coefficient (Wildman–Crippen LogP) is 4.19. The Morgan fingerprint density at radius 2 is 1.43 bits per heavy atom. The third-order valence-corrected chi connectivity index (χ3v) is 5.36. The van der Waals surface area contributed by atoms with Gasteiger partial charge in [-0.3, -0.25) is 0 Å². The molecule has 0 aromatic heterocycles. The van der Waals surface area contributed by atoms with E-state index in [0.717, 1.165) is 22.4 Å². The molecule has 6 heteroatoms. The van der Waals surface area contributed by atoms with E-state index in [2.05, 4.69) is 22.1 Å². The van der Waals surface area contributed by atoms with Crippen molar-refractivity contribution in [2.45, 2.75) is 25.3 Å². The van der Waals surface area contributed by atoms with Crippen molar-refractivity contribution in [1.29, 1.82) is 0 Å². The molecule has 5 nitrogen and oxygen atoms in total. The zero-order chi connectivity index (χ0) is 20.0. The molecule has 3 aromatic carbocycles. The fourth-order valence-electron chi connectivity index (χ4n) is 2.44. The van der Waals surface area contributed by atoms with Crippen LogP contribution < -0.4 is 9.57 Å². The molecule has 0 radical (unpaired) electrons. The van der Waals surface area contributed by atoms with Crippen LogP contribution in [-0.2, 0) is 16.6 Å². The number of sulfonamides is 1. The molecule has 0 bridgehead atoms. The highest BCUT2D eigenvalue weighted by Gasteiger charge is 2.11. The minimum absolute atomic E-state index is 0.176. The summed E-state index contributed by atoms with van der Waals surface area (Å²) in [5.41, 5.74) is 4.06. The standard InChI is InChI=1S/C22H22N2O3S/c1-17-3-7-20(8-4-17)16-27-21-11-9-19(10-12-21)15-23-24-28(25,26)22-13-5-18(2)6-14-22/h3-15,24H,16H2,1-2H3. The first-order chi connectivity index (χ1) is 13.4. The number of nitrogens with zero attached hydrogens (tertiary/aromatic N) is 1. The van der Waals surface area contributed by atoms with Gasteiger partial charge < -0.3 is 4.74 Å². The fraction of sp³-hybridized carbons (Fsp3) is 0.136. The lowest BCUT2D eigenvalue weighted by Gasteiger charge is -2.07. The maximum absolute atomic E-state index is 12.2. The van der Waals surface area contributed by atoms with E-state index in [1.54, 1.807) is 24.3 Å². The summed E-state index contributed by atoms with van der Waals surface area (Å²) in [6.07, 6.45) is 1.45. The lowest BCUT2D eigenvalue weighted by Crippen LogP contribution is -2.18. The van der Waals surface area contributed by atoms with Crippen LogP contribution in [0.1, 0.15) is 22.3 Å². The summed E-state index contributed by atoms with van der Waals surface area (Å²) in [4.78, 5) is 2.40. The summed E-state index contributed by atoms with van der Waals surface area (Å²) < 4.78 is 30.1. The third-order valence-electron chi connectivity index (χ3n) is 4.12. The monoisotopic (exact) mass is 394 g/mol. The number of hydrogen-bond donors (Lipinski definition) is 1. The first-order valence-electron chi connectivity index (χ1n) is 8.82. The molecule has 0 saturated heterocycles. The SMILES string of the molecule is Cc1ccc(COc2ccc(C=NNS(=O)(=O)c3ccc(C)cc3)cc2)cc1. The average molecular weight is 394 g/mol. The van der Waals surface area contributed by atoms with Crippen molar-refractivity contribution >= 4 is 16.2 Å². The van der Waals surface area contributed by atoms with Gasteiger partial charge in [0, 0.05) is 0 Å². The van der Waals surface area contributed by atoms with Crippen molar-refractivity contribution in [3.8, 4) is 5.75 Å². The van der Waals surface area contributed by atoms with E-state index in [4.69, 9.17) is 4.74 Å². The van der Waals surface area contributed by atoms with E-state index in [9.17, 15) is 8.42 Å². The molecule has 0 saturated carbocycles. The molecule has 0 aliphatic heterocycles. The maximum atomic E-state index is 12.2. The van der Waals surface area contributed by atoms with Crippen LogP contribution in [0.15, 0.2) is 82.8 Å². The van der Waals surface area contributed by atoms with Gasteiger partial charge in [-0.15, -0.1) is 0 Å². The largest absolute Gasteiger partial charge is 0.489 e. The van der Waals surface area contributed by atoms with Gasteiger partial charge >= 0.3 is 0 Å². The van der Waals surface area contributed by atoms with Gasteiger partial charge in [-0.1, -0.05) is 47.5 Å². The van der Waals surface area contributed by atoms with Crippen molar-refractivity contribution in [2.75, 3.05) is 0 Å². The van der Waals surface area contributed by atoms with Gasteiger partial charge in [0.1, 0.15) is 12.4 Å². The van der Waals surface area contributed by atoms with Crippen LogP contribution in [0.4, 0.5) is 0 Å². The van der Waals surface area contributed by atoms with Crippen LogP contribution in [0.25, 0.3) is 0 Å². The van der Waals surface area contributed by atoms with Crippen LogP contribution >= 0.6 is 0 Å². The average Bonchev–Trinajstić information content (AvgIpc) is 2.69. The molecule has 0 fully saturated rings. The van der Waals surface area contributed by atoms with Crippen LogP contribution in [0.2, 0.25) is 0 Å². The van der Waals surface area contributed by atoms with Crippen molar-refractivity contribution in [2.24, 2.45) is 5.10 Å². The smallest absolute Gasteiger partial charge is 0.276 e.